The van der Waals surface area contributed by atoms with E-state index in [1.165, 1.54) is 26.8 Å². The molecule has 2 heterocycles. The molecule has 1 atom stereocenters. The van der Waals surface area contributed by atoms with Crippen LogP contribution in [0.25, 0.3) is 0 Å². The van der Waals surface area contributed by atoms with Gasteiger partial charge in [-0.1, -0.05) is 6.07 Å². The summed E-state index contributed by atoms with van der Waals surface area (Å²) in [6, 6.07) is 5.66. The number of nitrogens with zero attached hydrogens (tertiary/aromatic N) is 2. The fraction of sp³-hybridized carbons (Fsp3) is 0.562. The van der Waals surface area contributed by atoms with Gasteiger partial charge in [0.1, 0.15) is 5.82 Å². The first-order chi connectivity index (χ1) is 12.0. The highest BCUT2D eigenvalue weighted by molar-refractivity contribution is 7.86. The van der Waals surface area contributed by atoms with Crippen LogP contribution in [0.4, 0.5) is 10.1 Å². The van der Waals surface area contributed by atoms with E-state index in [0.717, 1.165) is 0 Å². The quantitative estimate of drug-likeness (QED) is 0.858. The van der Waals surface area contributed by atoms with E-state index < -0.39 is 21.9 Å². The van der Waals surface area contributed by atoms with Crippen molar-refractivity contribution in [1.29, 1.82) is 0 Å². The van der Waals surface area contributed by atoms with E-state index in [1.807, 2.05) is 0 Å². The highest BCUT2D eigenvalue weighted by Crippen LogP contribution is 2.23. The Morgan fingerprint density at radius 2 is 1.96 bits per heavy atom. The number of amides is 1. The van der Waals surface area contributed by atoms with E-state index in [1.54, 1.807) is 6.07 Å². The summed E-state index contributed by atoms with van der Waals surface area (Å²) in [7, 11) is -3.58. The van der Waals surface area contributed by atoms with Crippen molar-refractivity contribution in [3.63, 3.8) is 0 Å². The minimum absolute atomic E-state index is 0.140. The normalized spacial score (nSPS) is 23.3. The van der Waals surface area contributed by atoms with Crippen molar-refractivity contribution in [2.75, 3.05) is 44.7 Å². The van der Waals surface area contributed by atoms with Gasteiger partial charge in [0.25, 0.3) is 10.2 Å². The Morgan fingerprint density at radius 1 is 1.20 bits per heavy atom. The fourth-order valence-electron chi connectivity index (χ4n) is 3.12. The molecule has 138 valence electrons. The van der Waals surface area contributed by atoms with Crippen molar-refractivity contribution in [3.05, 3.63) is 30.1 Å². The Hall–Kier alpha value is -1.55. The van der Waals surface area contributed by atoms with Crippen molar-refractivity contribution in [2.24, 2.45) is 5.92 Å². The average molecular weight is 371 g/mol. The molecule has 0 saturated carbocycles. The maximum Gasteiger partial charge on any atom is 0.282 e. The Labute approximate surface area is 146 Å². The van der Waals surface area contributed by atoms with Crippen LogP contribution in [-0.4, -0.2) is 62.3 Å². The summed E-state index contributed by atoms with van der Waals surface area (Å²) in [6.07, 6.45) is 1.22. The lowest BCUT2D eigenvalue weighted by Gasteiger charge is -2.36. The van der Waals surface area contributed by atoms with Crippen LogP contribution in [0.3, 0.4) is 0 Å². The molecule has 2 fully saturated rings. The zero-order chi connectivity index (χ0) is 17.9. The molecule has 2 saturated heterocycles. The number of rotatable bonds is 4. The molecule has 0 aromatic heterocycles. The van der Waals surface area contributed by atoms with Crippen molar-refractivity contribution in [3.8, 4) is 0 Å². The van der Waals surface area contributed by atoms with Gasteiger partial charge in [0.05, 0.1) is 19.1 Å². The van der Waals surface area contributed by atoms with Crippen LogP contribution in [0.2, 0.25) is 0 Å². The maximum absolute atomic E-state index is 13.2. The van der Waals surface area contributed by atoms with Gasteiger partial charge in [0.2, 0.25) is 5.91 Å². The van der Waals surface area contributed by atoms with Gasteiger partial charge >= 0.3 is 0 Å². The van der Waals surface area contributed by atoms with Crippen LogP contribution >= 0.6 is 0 Å². The molecule has 0 aliphatic carbocycles. The number of ether oxygens (including phenoxy) is 1. The molecule has 1 unspecified atom stereocenters. The number of morpholine rings is 1. The van der Waals surface area contributed by atoms with E-state index in [4.69, 9.17) is 4.74 Å². The Bertz CT molecular complexity index is 722. The first-order valence-corrected chi connectivity index (χ1v) is 9.76. The second-order valence-corrected chi connectivity index (χ2v) is 8.14. The van der Waals surface area contributed by atoms with E-state index in [9.17, 15) is 17.6 Å². The fourth-order valence-corrected chi connectivity index (χ4v) is 4.78. The lowest BCUT2D eigenvalue weighted by Crippen LogP contribution is -2.52. The second-order valence-electron chi connectivity index (χ2n) is 6.22. The number of anilines is 1. The van der Waals surface area contributed by atoms with Gasteiger partial charge in [-0.3, -0.25) is 4.79 Å². The molecule has 0 bridgehead atoms. The topological polar surface area (TPSA) is 79.0 Å². The highest BCUT2D eigenvalue weighted by atomic mass is 32.2. The number of piperidine rings is 1. The Morgan fingerprint density at radius 3 is 2.68 bits per heavy atom. The average Bonchev–Trinajstić information content (AvgIpc) is 2.62. The lowest BCUT2D eigenvalue weighted by molar-refractivity contribution is -0.120. The predicted octanol–water partition coefficient (Wildman–Crippen LogP) is 1.05. The summed E-state index contributed by atoms with van der Waals surface area (Å²) >= 11 is 0. The number of hydrogen-bond acceptors (Lipinski definition) is 4. The third-order valence-corrected chi connectivity index (χ3v) is 6.47. The molecule has 2 aliphatic heterocycles. The van der Waals surface area contributed by atoms with Crippen LogP contribution in [-0.2, 0) is 19.7 Å². The summed E-state index contributed by atoms with van der Waals surface area (Å²) in [5, 5.41) is 2.67. The molecule has 0 spiro atoms. The molecule has 1 N–H and O–H groups in total. The summed E-state index contributed by atoms with van der Waals surface area (Å²) in [5.74, 6) is -1.17. The molecular weight excluding hydrogens is 349 g/mol. The predicted molar refractivity (Wildman–Crippen MR) is 90.6 cm³/mol. The van der Waals surface area contributed by atoms with Crippen LogP contribution < -0.4 is 5.32 Å². The standard InChI is InChI=1S/C16H22FN3O4S/c17-14-4-1-5-15(11-14)18-16(21)13-3-2-6-20(12-13)25(22,23)19-7-9-24-10-8-19/h1,4-5,11,13H,2-3,6-10,12H2,(H,18,21). The molecule has 1 aromatic rings. The Balaban J connectivity index is 1.65. The first kappa shape index (κ1) is 18.2. The van der Waals surface area contributed by atoms with Crippen molar-refractivity contribution in [1.82, 2.24) is 8.61 Å². The van der Waals surface area contributed by atoms with Crippen LogP contribution in [0, 0.1) is 11.7 Å². The third-order valence-electron chi connectivity index (χ3n) is 4.47. The van der Waals surface area contributed by atoms with Gasteiger partial charge in [-0.25, -0.2) is 4.39 Å². The van der Waals surface area contributed by atoms with Crippen LogP contribution in [0.5, 0.6) is 0 Å². The number of hydrogen-bond donors (Lipinski definition) is 1. The molecule has 3 rings (SSSR count). The lowest BCUT2D eigenvalue weighted by atomic mass is 9.99. The van der Waals surface area contributed by atoms with Crippen LogP contribution in [0.1, 0.15) is 12.8 Å². The highest BCUT2D eigenvalue weighted by Gasteiger charge is 2.36. The molecule has 0 radical (unpaired) electrons. The summed E-state index contributed by atoms with van der Waals surface area (Å²) in [4.78, 5) is 12.4. The SMILES string of the molecule is O=C(Nc1cccc(F)c1)C1CCCN(S(=O)(=O)N2CCOCC2)C1. The number of nitrogens with one attached hydrogen (secondary N) is 1. The van der Waals surface area contributed by atoms with Gasteiger partial charge in [0, 0.05) is 31.9 Å². The first-order valence-electron chi connectivity index (χ1n) is 8.36. The van der Waals surface area contributed by atoms with E-state index in [-0.39, 0.29) is 12.5 Å². The van der Waals surface area contributed by atoms with Gasteiger partial charge in [0.15, 0.2) is 0 Å². The minimum atomic E-state index is -3.58. The van der Waals surface area contributed by atoms with Gasteiger partial charge in [-0.2, -0.15) is 17.0 Å². The van der Waals surface area contributed by atoms with Crippen LogP contribution in [0.15, 0.2) is 24.3 Å². The second kappa shape index (κ2) is 7.77. The smallest absolute Gasteiger partial charge is 0.282 e. The summed E-state index contributed by atoms with van der Waals surface area (Å²) < 4.78 is 46.7. The monoisotopic (exact) mass is 371 g/mol. The zero-order valence-corrected chi connectivity index (χ0v) is 14.7. The minimum Gasteiger partial charge on any atom is -0.379 e. The molecule has 9 heteroatoms. The largest absolute Gasteiger partial charge is 0.379 e. The summed E-state index contributed by atoms with van der Waals surface area (Å²) in [5.41, 5.74) is 0.373. The van der Waals surface area contributed by atoms with Gasteiger partial charge in [-0.05, 0) is 31.0 Å². The number of carbonyl (C=O) groups excluding carboxylic acids is 1. The summed E-state index contributed by atoms with van der Waals surface area (Å²) in [6.45, 7) is 1.98. The molecule has 2 aliphatic rings. The van der Waals surface area contributed by atoms with E-state index in [0.29, 0.717) is 51.4 Å². The van der Waals surface area contributed by atoms with Crippen molar-refractivity contribution >= 4 is 21.8 Å². The maximum atomic E-state index is 13.2. The van der Waals surface area contributed by atoms with Gasteiger partial charge < -0.3 is 10.1 Å². The molecule has 1 amide bonds. The number of carbonyl (C=O) groups is 1. The molecule has 25 heavy (non-hydrogen) atoms. The van der Waals surface area contributed by atoms with Crippen molar-refractivity contribution < 1.29 is 22.3 Å². The number of benzene rings is 1. The van der Waals surface area contributed by atoms with E-state index >= 15 is 0 Å². The van der Waals surface area contributed by atoms with Crippen molar-refractivity contribution in [2.45, 2.75) is 12.8 Å². The Kier molecular flexibility index (Phi) is 5.67. The van der Waals surface area contributed by atoms with E-state index in [2.05, 4.69) is 5.32 Å². The third kappa shape index (κ3) is 4.35. The molecule has 1 aromatic carbocycles. The molecule has 7 nitrogen and oxygen atoms in total. The van der Waals surface area contributed by atoms with Gasteiger partial charge in [-0.15, -0.1) is 0 Å². The molecular formula is C16H22FN3O4S. The number of halogens is 1. The zero-order valence-electron chi connectivity index (χ0n) is 13.9.